The van der Waals surface area contributed by atoms with Gasteiger partial charge in [0.1, 0.15) is 5.75 Å². The number of aromatic amines is 1. The van der Waals surface area contributed by atoms with Crippen molar-refractivity contribution in [1.29, 1.82) is 0 Å². The third kappa shape index (κ3) is 3.35. The molecular weight excluding hydrogens is 452 g/mol. The number of benzene rings is 2. The highest BCUT2D eigenvalue weighted by atomic mass is 32.1. The zero-order valence-corrected chi connectivity index (χ0v) is 17.8. The second-order valence-electron chi connectivity index (χ2n) is 7.27. The number of halogens is 2. The largest absolute Gasteiger partial charge is 0.503 e. The first-order chi connectivity index (χ1) is 15.9. The first kappa shape index (κ1) is 20.8. The van der Waals surface area contributed by atoms with Gasteiger partial charge in [0.25, 0.3) is 5.91 Å². The smallest absolute Gasteiger partial charge is 0.296 e. The highest BCUT2D eigenvalue weighted by molar-refractivity contribution is 7.12. The van der Waals surface area contributed by atoms with Crippen LogP contribution in [0.5, 0.6) is 5.75 Å². The van der Waals surface area contributed by atoms with E-state index in [9.17, 15) is 23.5 Å². The monoisotopic (exact) mass is 467 g/mol. The predicted octanol–water partition coefficient (Wildman–Crippen LogP) is 4.69. The van der Waals surface area contributed by atoms with Crippen molar-refractivity contribution >= 4 is 40.0 Å². The fourth-order valence-corrected chi connectivity index (χ4v) is 4.51. The van der Waals surface area contributed by atoms with Crippen molar-refractivity contribution in [2.45, 2.75) is 6.04 Å². The molecule has 3 heterocycles. The molecule has 7 nitrogen and oxygen atoms in total. The molecule has 0 radical (unpaired) electrons. The van der Waals surface area contributed by atoms with Crippen molar-refractivity contribution in [3.05, 3.63) is 87.3 Å². The van der Waals surface area contributed by atoms with E-state index in [0.717, 1.165) is 17.0 Å². The van der Waals surface area contributed by atoms with Gasteiger partial charge in [-0.15, -0.1) is 11.3 Å². The Morgan fingerprint density at radius 1 is 1.18 bits per heavy atom. The topological polar surface area (TPSA) is 95.5 Å². The van der Waals surface area contributed by atoms with Crippen LogP contribution in [0.2, 0.25) is 0 Å². The van der Waals surface area contributed by atoms with E-state index >= 15 is 0 Å². The van der Waals surface area contributed by atoms with Gasteiger partial charge in [0.2, 0.25) is 11.7 Å². The normalized spacial score (nSPS) is 16.2. The van der Waals surface area contributed by atoms with E-state index in [0.29, 0.717) is 16.2 Å². The summed E-state index contributed by atoms with van der Waals surface area (Å²) in [6.45, 7) is 0. The van der Waals surface area contributed by atoms with Crippen LogP contribution in [0.4, 0.5) is 14.7 Å². The zero-order chi connectivity index (χ0) is 23.3. The average molecular weight is 467 g/mol. The van der Waals surface area contributed by atoms with Crippen LogP contribution in [0.3, 0.4) is 0 Å². The Kier molecular flexibility index (Phi) is 4.94. The highest BCUT2D eigenvalue weighted by Gasteiger charge is 2.46. The van der Waals surface area contributed by atoms with E-state index in [1.165, 1.54) is 18.4 Å². The molecule has 166 valence electrons. The number of hydrogen-bond acceptors (Lipinski definition) is 6. The number of carbonyl (C=O) groups is 2. The van der Waals surface area contributed by atoms with E-state index in [2.05, 4.69) is 9.97 Å². The van der Waals surface area contributed by atoms with E-state index in [1.54, 1.807) is 41.8 Å². The van der Waals surface area contributed by atoms with Gasteiger partial charge in [-0.25, -0.2) is 13.8 Å². The molecule has 1 amide bonds. The van der Waals surface area contributed by atoms with E-state index in [4.69, 9.17) is 4.74 Å². The number of Topliss-reactive ketones (excluding diaryl/α,β-unsaturated/α-hetero) is 1. The number of amides is 1. The van der Waals surface area contributed by atoms with Crippen LogP contribution in [0.15, 0.2) is 65.2 Å². The average Bonchev–Trinajstić information content (AvgIpc) is 3.53. The maximum atomic E-state index is 13.7. The summed E-state index contributed by atoms with van der Waals surface area (Å²) in [7, 11) is 1.48. The minimum Gasteiger partial charge on any atom is -0.503 e. The van der Waals surface area contributed by atoms with Crippen molar-refractivity contribution in [3.63, 3.8) is 0 Å². The summed E-state index contributed by atoms with van der Waals surface area (Å²) >= 11 is 1.17. The number of carbonyl (C=O) groups excluding carboxylic acids is 2. The lowest BCUT2D eigenvalue weighted by atomic mass is 9.95. The molecule has 0 aliphatic carbocycles. The van der Waals surface area contributed by atoms with Gasteiger partial charge in [0.05, 0.1) is 34.6 Å². The SMILES string of the molecule is COc1cccc(C2C(C(=O)c3cccs3)=C(O)C(=O)N2c2nc3cc(F)c(F)cc3[nH]2)c1. The fraction of sp³-hybridized carbons (Fsp3) is 0.0870. The van der Waals surface area contributed by atoms with Crippen LogP contribution in [0, 0.1) is 11.6 Å². The number of ketones is 1. The van der Waals surface area contributed by atoms with Gasteiger partial charge in [-0.2, -0.15) is 0 Å². The summed E-state index contributed by atoms with van der Waals surface area (Å²) in [6, 6.07) is 10.7. The van der Waals surface area contributed by atoms with Gasteiger partial charge < -0.3 is 14.8 Å². The number of aromatic nitrogens is 2. The number of methoxy groups -OCH3 is 1. The maximum Gasteiger partial charge on any atom is 0.296 e. The Morgan fingerprint density at radius 3 is 2.70 bits per heavy atom. The summed E-state index contributed by atoms with van der Waals surface area (Å²) < 4.78 is 32.7. The molecule has 0 saturated carbocycles. The van der Waals surface area contributed by atoms with Crippen molar-refractivity contribution in [2.75, 3.05) is 12.0 Å². The number of rotatable bonds is 5. The number of hydrogen-bond donors (Lipinski definition) is 2. The number of fused-ring (bicyclic) bond motifs is 1. The van der Waals surface area contributed by atoms with Gasteiger partial charge in [0.15, 0.2) is 17.4 Å². The lowest BCUT2D eigenvalue weighted by Gasteiger charge is -2.24. The molecule has 1 aliphatic rings. The fourth-order valence-electron chi connectivity index (χ4n) is 3.83. The van der Waals surface area contributed by atoms with Crippen LogP contribution >= 0.6 is 11.3 Å². The summed E-state index contributed by atoms with van der Waals surface area (Å²) in [6.07, 6.45) is 0. The van der Waals surface area contributed by atoms with E-state index in [1.807, 2.05) is 0 Å². The van der Waals surface area contributed by atoms with Crippen molar-refractivity contribution in [2.24, 2.45) is 0 Å². The van der Waals surface area contributed by atoms with Gasteiger partial charge in [0, 0.05) is 12.1 Å². The van der Waals surface area contributed by atoms with Gasteiger partial charge in [-0.1, -0.05) is 18.2 Å². The summed E-state index contributed by atoms with van der Waals surface area (Å²) in [5.74, 6) is -3.88. The molecule has 0 saturated heterocycles. The van der Waals surface area contributed by atoms with Crippen LogP contribution in [0.25, 0.3) is 11.0 Å². The molecule has 2 aromatic carbocycles. The van der Waals surface area contributed by atoms with Gasteiger partial charge in [-0.3, -0.25) is 14.5 Å². The van der Waals surface area contributed by atoms with Crippen LogP contribution < -0.4 is 9.64 Å². The van der Waals surface area contributed by atoms with Crippen LogP contribution in [-0.4, -0.2) is 33.9 Å². The molecule has 1 unspecified atom stereocenters. The molecule has 5 rings (SSSR count). The number of imidazole rings is 1. The number of anilines is 1. The predicted molar refractivity (Wildman–Crippen MR) is 118 cm³/mol. The second kappa shape index (κ2) is 7.82. The molecule has 2 aromatic heterocycles. The minimum absolute atomic E-state index is 0.0756. The van der Waals surface area contributed by atoms with Crippen molar-refractivity contribution < 1.29 is 28.2 Å². The van der Waals surface area contributed by atoms with Crippen molar-refractivity contribution in [1.82, 2.24) is 9.97 Å². The Hall–Kier alpha value is -4.05. The number of thiophene rings is 1. The standard InChI is InChI=1S/C23H15F2N3O4S/c1-32-12-5-2-4-11(8-12)19-18(20(29)17-6-3-7-33-17)21(30)22(31)28(19)23-26-15-9-13(24)14(25)10-16(15)27-23/h2-10,19,30H,1H3,(H,26,27). The minimum atomic E-state index is -1.09. The number of H-pyrrole nitrogens is 1. The molecule has 4 aromatic rings. The molecule has 1 aliphatic heterocycles. The number of aliphatic hydroxyl groups is 1. The van der Waals surface area contributed by atoms with E-state index < -0.39 is 35.1 Å². The number of nitrogens with zero attached hydrogens (tertiary/aromatic N) is 2. The first-order valence-corrected chi connectivity index (χ1v) is 10.6. The molecule has 0 fully saturated rings. The molecular formula is C23H15F2N3O4S. The number of nitrogens with one attached hydrogen (secondary N) is 1. The maximum absolute atomic E-state index is 13.7. The summed E-state index contributed by atoms with van der Waals surface area (Å²) in [5.41, 5.74) is 0.579. The zero-order valence-electron chi connectivity index (χ0n) is 17.0. The van der Waals surface area contributed by atoms with E-state index in [-0.39, 0.29) is 22.6 Å². The third-order valence-electron chi connectivity index (χ3n) is 5.35. The number of ether oxygens (including phenoxy) is 1. The summed E-state index contributed by atoms with van der Waals surface area (Å²) in [4.78, 5) is 34.9. The molecule has 0 bridgehead atoms. The lowest BCUT2D eigenvalue weighted by Crippen LogP contribution is -2.32. The molecule has 2 N–H and O–H groups in total. The molecule has 10 heteroatoms. The van der Waals surface area contributed by atoms with Gasteiger partial charge >= 0.3 is 0 Å². The van der Waals surface area contributed by atoms with Crippen molar-refractivity contribution in [3.8, 4) is 5.75 Å². The quantitative estimate of drug-likeness (QED) is 0.415. The molecule has 33 heavy (non-hydrogen) atoms. The summed E-state index contributed by atoms with van der Waals surface area (Å²) in [5, 5.41) is 12.5. The Labute approximate surface area is 189 Å². The second-order valence-corrected chi connectivity index (χ2v) is 8.21. The van der Waals surface area contributed by atoms with Crippen LogP contribution in [-0.2, 0) is 4.79 Å². The first-order valence-electron chi connectivity index (χ1n) is 9.72. The molecule has 0 spiro atoms. The Bertz CT molecular complexity index is 1410. The van der Waals surface area contributed by atoms with Gasteiger partial charge in [-0.05, 0) is 29.1 Å². The number of aliphatic hydroxyl groups excluding tert-OH is 1. The Balaban J connectivity index is 1.70. The van der Waals surface area contributed by atoms with Crippen LogP contribution in [0.1, 0.15) is 21.3 Å². The highest BCUT2D eigenvalue weighted by Crippen LogP contribution is 2.42. The molecule has 1 atom stereocenters. The third-order valence-corrected chi connectivity index (χ3v) is 6.22. The Morgan fingerprint density at radius 2 is 1.97 bits per heavy atom. The lowest BCUT2D eigenvalue weighted by molar-refractivity contribution is -0.117.